The Morgan fingerprint density at radius 2 is 1.83 bits per heavy atom. The summed E-state index contributed by atoms with van der Waals surface area (Å²) < 4.78 is 12.5. The van der Waals surface area contributed by atoms with Crippen molar-refractivity contribution in [2.24, 2.45) is 0 Å². The molecule has 11 nitrogen and oxygen atoms in total. The number of alkyl halides is 1. The lowest BCUT2D eigenvalue weighted by Crippen LogP contribution is -2.55. The third-order valence-corrected chi connectivity index (χ3v) is 6.52. The van der Waals surface area contributed by atoms with E-state index >= 15 is 0 Å². The summed E-state index contributed by atoms with van der Waals surface area (Å²) >= 11 is 0. The second-order valence-electron chi connectivity index (χ2n) is 10.1. The van der Waals surface area contributed by atoms with Crippen LogP contribution in [0.25, 0.3) is 22.3 Å². The number of fused-ring (bicyclic) bond motifs is 1. The number of nitrogens with one attached hydrogen (secondary N) is 3. The summed E-state index contributed by atoms with van der Waals surface area (Å²) in [4.78, 5) is 34.5. The van der Waals surface area contributed by atoms with Crippen LogP contribution in [0.15, 0.2) is 67.0 Å². The fourth-order valence-electron chi connectivity index (χ4n) is 4.49. The number of halogens is 1. The molecule has 0 radical (unpaired) electrons. The van der Waals surface area contributed by atoms with Crippen molar-refractivity contribution in [1.29, 1.82) is 0 Å². The van der Waals surface area contributed by atoms with E-state index in [1.165, 1.54) is 6.08 Å². The number of likely N-dealkylation sites (tertiary alicyclic amines) is 1. The van der Waals surface area contributed by atoms with Crippen molar-refractivity contribution in [2.45, 2.75) is 6.04 Å². The van der Waals surface area contributed by atoms with Crippen LogP contribution in [-0.2, 0) is 4.79 Å². The van der Waals surface area contributed by atoms with Gasteiger partial charge in [-0.1, -0.05) is 6.08 Å². The van der Waals surface area contributed by atoms with Gasteiger partial charge in [0.2, 0.25) is 11.9 Å². The molecule has 4 heterocycles. The Balaban J connectivity index is 1.32. The van der Waals surface area contributed by atoms with E-state index in [2.05, 4.69) is 35.8 Å². The summed E-state index contributed by atoms with van der Waals surface area (Å²) in [5, 5.41) is 10.2. The van der Waals surface area contributed by atoms with Gasteiger partial charge in [0.05, 0.1) is 11.7 Å². The van der Waals surface area contributed by atoms with Crippen molar-refractivity contribution < 1.29 is 9.18 Å². The van der Waals surface area contributed by atoms with Gasteiger partial charge in [0.15, 0.2) is 0 Å². The minimum Gasteiger partial charge on any atom is -0.383 e. The number of likely N-dealkylation sites (N-methyl/N-ethyl adjacent to an activating group) is 1. The predicted molar refractivity (Wildman–Crippen MR) is 161 cm³/mol. The predicted octanol–water partition coefficient (Wildman–Crippen LogP) is 3.53. The molecule has 0 spiro atoms. The highest BCUT2D eigenvalue weighted by atomic mass is 19.1. The van der Waals surface area contributed by atoms with E-state index in [4.69, 9.17) is 10.7 Å². The molecule has 5 rings (SSSR count). The number of pyridine rings is 2. The lowest BCUT2D eigenvalue weighted by Gasteiger charge is -2.39. The highest BCUT2D eigenvalue weighted by Gasteiger charge is 2.25. The van der Waals surface area contributed by atoms with Gasteiger partial charge < -0.3 is 26.6 Å². The summed E-state index contributed by atoms with van der Waals surface area (Å²) in [6, 6.07) is 13.3. The Labute approximate surface area is 237 Å². The zero-order valence-corrected chi connectivity index (χ0v) is 23.0. The van der Waals surface area contributed by atoms with E-state index in [0.29, 0.717) is 58.9 Å². The van der Waals surface area contributed by atoms with Crippen LogP contribution in [0.1, 0.15) is 0 Å². The third-order valence-electron chi connectivity index (χ3n) is 6.52. The van der Waals surface area contributed by atoms with Crippen molar-refractivity contribution >= 4 is 45.6 Å². The van der Waals surface area contributed by atoms with Gasteiger partial charge in [-0.2, -0.15) is 4.98 Å². The smallest absolute Gasteiger partial charge is 0.248 e. The number of nitrogen functional groups attached to an aromatic ring is 1. The fourth-order valence-corrected chi connectivity index (χ4v) is 4.49. The molecule has 212 valence electrons. The molecule has 1 amide bonds. The molecule has 5 N–H and O–H groups in total. The molecule has 12 heteroatoms. The maximum atomic E-state index is 12.5. The molecular formula is C29H33FN10O. The van der Waals surface area contributed by atoms with E-state index in [1.807, 2.05) is 43.3 Å². The van der Waals surface area contributed by atoms with E-state index in [-0.39, 0.29) is 12.6 Å². The zero-order valence-electron chi connectivity index (χ0n) is 23.0. The first-order valence-electron chi connectivity index (χ1n) is 13.3. The van der Waals surface area contributed by atoms with Crippen molar-refractivity contribution in [1.82, 2.24) is 29.7 Å². The highest BCUT2D eigenvalue weighted by Crippen LogP contribution is 2.29. The Morgan fingerprint density at radius 3 is 2.59 bits per heavy atom. The number of aromatic nitrogens is 4. The SMILES string of the molecule is CN(C)CC=CC(=O)Nc1ccnc(-c2nccc3c(N)nc(Nc4ccc(NC5CN(CCF)C5)cc4)nc23)c1. The van der Waals surface area contributed by atoms with Gasteiger partial charge >= 0.3 is 0 Å². The van der Waals surface area contributed by atoms with Gasteiger partial charge in [-0.25, -0.2) is 9.37 Å². The minimum atomic E-state index is -0.317. The molecule has 3 aromatic heterocycles. The molecule has 1 aliphatic rings. The molecule has 1 aliphatic heterocycles. The van der Waals surface area contributed by atoms with Crippen LogP contribution in [0.3, 0.4) is 0 Å². The Hall–Kier alpha value is -4.68. The topological polar surface area (TPSA) is 137 Å². The van der Waals surface area contributed by atoms with E-state index < -0.39 is 0 Å². The normalized spacial score (nSPS) is 14.0. The minimum absolute atomic E-state index is 0.236. The summed E-state index contributed by atoms with van der Waals surface area (Å²) in [7, 11) is 3.86. The van der Waals surface area contributed by atoms with Gasteiger partial charge in [-0.3, -0.25) is 19.7 Å². The maximum absolute atomic E-state index is 12.5. The van der Waals surface area contributed by atoms with Crippen LogP contribution < -0.4 is 21.7 Å². The van der Waals surface area contributed by atoms with Crippen molar-refractivity contribution in [3.8, 4) is 11.4 Å². The molecule has 0 bridgehead atoms. The molecule has 1 aromatic carbocycles. The molecule has 1 saturated heterocycles. The van der Waals surface area contributed by atoms with Crippen molar-refractivity contribution in [2.75, 3.05) is 68.6 Å². The standard InChI is InChI=1S/C29H33FN10O/c1-39(2)14-3-4-25(41)35-21-9-12-32-24(16-21)27-26-23(10-13-33-27)28(31)38-29(37-26)36-20-7-5-19(6-8-20)34-22-17-40(18-22)15-11-30/h3-10,12-13,16,22,34H,11,14-15,17-18H2,1-2H3,(H,32,35,41)(H3,31,36,37,38). The lowest BCUT2D eigenvalue weighted by molar-refractivity contribution is -0.111. The van der Waals surface area contributed by atoms with Gasteiger partial charge in [0.25, 0.3) is 0 Å². The first kappa shape index (κ1) is 27.9. The molecule has 0 aliphatic carbocycles. The van der Waals surface area contributed by atoms with Crippen molar-refractivity contribution in [3.05, 3.63) is 67.0 Å². The Morgan fingerprint density at radius 1 is 1.07 bits per heavy atom. The summed E-state index contributed by atoms with van der Waals surface area (Å²) in [5.74, 6) is 0.389. The summed E-state index contributed by atoms with van der Waals surface area (Å²) in [6.07, 6.45) is 6.53. The number of carbonyl (C=O) groups excluding carboxylic acids is 1. The Kier molecular flexibility index (Phi) is 8.61. The molecule has 41 heavy (non-hydrogen) atoms. The molecule has 4 aromatic rings. The number of anilines is 5. The molecule has 0 unspecified atom stereocenters. The summed E-state index contributed by atoms with van der Waals surface area (Å²) in [6.45, 7) is 2.50. The monoisotopic (exact) mass is 556 g/mol. The molecular weight excluding hydrogens is 523 g/mol. The van der Waals surface area contributed by atoms with Gasteiger partial charge in [0.1, 0.15) is 23.7 Å². The van der Waals surface area contributed by atoms with E-state index in [1.54, 1.807) is 36.7 Å². The Bertz CT molecular complexity index is 1540. The third kappa shape index (κ3) is 7.10. The maximum Gasteiger partial charge on any atom is 0.248 e. The van der Waals surface area contributed by atoms with Gasteiger partial charge in [0, 0.05) is 67.1 Å². The molecule has 0 saturated carbocycles. The number of nitrogens with zero attached hydrogens (tertiary/aromatic N) is 6. The van der Waals surface area contributed by atoms with E-state index in [9.17, 15) is 9.18 Å². The summed E-state index contributed by atoms with van der Waals surface area (Å²) in [5.41, 5.74) is 10.2. The number of amides is 1. The number of nitrogens with two attached hydrogens (primary N) is 1. The van der Waals surface area contributed by atoms with Crippen LogP contribution in [0.4, 0.5) is 33.2 Å². The largest absolute Gasteiger partial charge is 0.383 e. The first-order chi connectivity index (χ1) is 19.9. The average Bonchev–Trinajstić information content (AvgIpc) is 2.92. The molecule has 1 fully saturated rings. The van der Waals surface area contributed by atoms with Crippen LogP contribution >= 0.6 is 0 Å². The number of benzene rings is 1. The molecule has 0 atom stereocenters. The second kappa shape index (κ2) is 12.7. The van der Waals surface area contributed by atoms with Gasteiger partial charge in [-0.05, 0) is 56.6 Å². The van der Waals surface area contributed by atoms with Crippen LogP contribution in [0.2, 0.25) is 0 Å². The van der Waals surface area contributed by atoms with Crippen LogP contribution in [0.5, 0.6) is 0 Å². The number of hydrogen-bond donors (Lipinski definition) is 4. The quantitative estimate of drug-likeness (QED) is 0.203. The van der Waals surface area contributed by atoms with Gasteiger partial charge in [-0.15, -0.1) is 0 Å². The number of rotatable bonds is 11. The highest BCUT2D eigenvalue weighted by molar-refractivity contribution is 6.00. The average molecular weight is 557 g/mol. The number of carbonyl (C=O) groups is 1. The van der Waals surface area contributed by atoms with Crippen molar-refractivity contribution in [3.63, 3.8) is 0 Å². The van der Waals surface area contributed by atoms with Crippen LogP contribution in [-0.4, -0.2) is 88.6 Å². The van der Waals surface area contributed by atoms with Crippen LogP contribution in [0, 0.1) is 0 Å². The number of hydrogen-bond acceptors (Lipinski definition) is 10. The second-order valence-corrected chi connectivity index (χ2v) is 10.1. The fraction of sp³-hybridized carbons (Fsp3) is 0.276. The zero-order chi connectivity index (χ0) is 28.8. The first-order valence-corrected chi connectivity index (χ1v) is 13.3. The lowest BCUT2D eigenvalue weighted by atomic mass is 10.1. The van der Waals surface area contributed by atoms with E-state index in [0.717, 1.165) is 24.5 Å².